The zero-order valence-electron chi connectivity index (χ0n) is 10.3. The van der Waals surface area contributed by atoms with Gasteiger partial charge in [0.05, 0.1) is 0 Å². The lowest BCUT2D eigenvalue weighted by Gasteiger charge is -2.41. The Morgan fingerprint density at radius 1 is 1.40 bits per heavy atom. The number of carbonyl (C=O) groups excluding carboxylic acids is 1. The van der Waals surface area contributed by atoms with E-state index in [1.807, 2.05) is 14.1 Å². The van der Waals surface area contributed by atoms with Crippen LogP contribution in [0.25, 0.3) is 0 Å². The molecule has 0 unspecified atom stereocenters. The standard InChI is InChI=1S/C12H24N2O/c1-4-12(7-5-8-12)10-13-9-6-11(15)14(2)3/h13H,4-10H2,1-3H3. The van der Waals surface area contributed by atoms with Crippen molar-refractivity contribution in [1.29, 1.82) is 0 Å². The SMILES string of the molecule is CCC1(CNCCC(=O)N(C)C)CCC1. The molecule has 0 aliphatic heterocycles. The molecule has 3 heteroatoms. The molecule has 0 aromatic carbocycles. The minimum absolute atomic E-state index is 0.210. The molecule has 1 N–H and O–H groups in total. The van der Waals surface area contributed by atoms with Crippen molar-refractivity contribution in [3.05, 3.63) is 0 Å². The Bertz CT molecular complexity index is 204. The molecule has 0 heterocycles. The van der Waals surface area contributed by atoms with Gasteiger partial charge in [0.2, 0.25) is 5.91 Å². The maximum absolute atomic E-state index is 11.3. The molecular formula is C12H24N2O. The average molecular weight is 212 g/mol. The third-order valence-electron chi connectivity index (χ3n) is 3.68. The number of hydrogen-bond donors (Lipinski definition) is 1. The van der Waals surface area contributed by atoms with Crippen molar-refractivity contribution < 1.29 is 4.79 Å². The van der Waals surface area contributed by atoms with E-state index < -0.39 is 0 Å². The van der Waals surface area contributed by atoms with Crippen molar-refractivity contribution in [3.8, 4) is 0 Å². The van der Waals surface area contributed by atoms with E-state index in [0.29, 0.717) is 11.8 Å². The molecule has 0 atom stereocenters. The maximum Gasteiger partial charge on any atom is 0.223 e. The van der Waals surface area contributed by atoms with Crippen LogP contribution in [-0.2, 0) is 4.79 Å². The summed E-state index contributed by atoms with van der Waals surface area (Å²) in [6.07, 6.45) is 5.98. The largest absolute Gasteiger partial charge is 0.349 e. The van der Waals surface area contributed by atoms with Crippen LogP contribution in [0.2, 0.25) is 0 Å². The van der Waals surface area contributed by atoms with Crippen molar-refractivity contribution in [2.45, 2.75) is 39.0 Å². The Balaban J connectivity index is 2.08. The summed E-state index contributed by atoms with van der Waals surface area (Å²) in [7, 11) is 3.61. The molecule has 0 radical (unpaired) electrons. The summed E-state index contributed by atoms with van der Waals surface area (Å²) in [6, 6.07) is 0. The molecule has 88 valence electrons. The molecule has 0 spiro atoms. The average Bonchev–Trinajstić information content (AvgIpc) is 2.15. The van der Waals surface area contributed by atoms with Gasteiger partial charge in [0, 0.05) is 33.6 Å². The quantitative estimate of drug-likeness (QED) is 0.679. The van der Waals surface area contributed by atoms with E-state index in [4.69, 9.17) is 0 Å². The van der Waals surface area contributed by atoms with Crippen LogP contribution in [0.5, 0.6) is 0 Å². The molecule has 0 aromatic rings. The van der Waals surface area contributed by atoms with E-state index in [2.05, 4.69) is 12.2 Å². The topological polar surface area (TPSA) is 32.3 Å². The van der Waals surface area contributed by atoms with Crippen LogP contribution in [0.3, 0.4) is 0 Å². The molecule has 1 aliphatic rings. The highest BCUT2D eigenvalue weighted by Crippen LogP contribution is 2.42. The highest BCUT2D eigenvalue weighted by atomic mass is 16.2. The first-order chi connectivity index (χ1) is 7.09. The Morgan fingerprint density at radius 2 is 2.07 bits per heavy atom. The Morgan fingerprint density at radius 3 is 2.47 bits per heavy atom. The molecule has 3 nitrogen and oxygen atoms in total. The van der Waals surface area contributed by atoms with Crippen LogP contribution < -0.4 is 5.32 Å². The number of rotatable bonds is 6. The summed E-state index contributed by atoms with van der Waals surface area (Å²) >= 11 is 0. The van der Waals surface area contributed by atoms with Gasteiger partial charge in [-0.05, 0) is 24.7 Å². The van der Waals surface area contributed by atoms with Crippen molar-refractivity contribution in [1.82, 2.24) is 10.2 Å². The van der Waals surface area contributed by atoms with Crippen LogP contribution in [-0.4, -0.2) is 38.0 Å². The number of nitrogens with zero attached hydrogens (tertiary/aromatic N) is 1. The molecule has 0 saturated heterocycles. The summed E-state index contributed by atoms with van der Waals surface area (Å²) in [6.45, 7) is 4.18. The van der Waals surface area contributed by atoms with Gasteiger partial charge in [-0.15, -0.1) is 0 Å². The lowest BCUT2D eigenvalue weighted by molar-refractivity contribution is -0.128. The van der Waals surface area contributed by atoms with E-state index in [9.17, 15) is 4.79 Å². The Hall–Kier alpha value is -0.570. The molecule has 1 rings (SSSR count). The minimum atomic E-state index is 0.210. The third kappa shape index (κ3) is 3.49. The second-order valence-electron chi connectivity index (χ2n) is 4.92. The van der Waals surface area contributed by atoms with Gasteiger partial charge in [0.1, 0.15) is 0 Å². The lowest BCUT2D eigenvalue weighted by Crippen LogP contribution is -2.40. The van der Waals surface area contributed by atoms with Gasteiger partial charge in [0.15, 0.2) is 0 Å². The van der Waals surface area contributed by atoms with Gasteiger partial charge >= 0.3 is 0 Å². The minimum Gasteiger partial charge on any atom is -0.349 e. The third-order valence-corrected chi connectivity index (χ3v) is 3.68. The van der Waals surface area contributed by atoms with Gasteiger partial charge < -0.3 is 10.2 Å². The van der Waals surface area contributed by atoms with Crippen molar-refractivity contribution in [2.75, 3.05) is 27.2 Å². The highest BCUT2D eigenvalue weighted by molar-refractivity contribution is 5.75. The molecule has 15 heavy (non-hydrogen) atoms. The fraction of sp³-hybridized carbons (Fsp3) is 0.917. The molecule has 1 fully saturated rings. The molecule has 1 aliphatic carbocycles. The van der Waals surface area contributed by atoms with Crippen molar-refractivity contribution >= 4 is 5.91 Å². The normalized spacial score (nSPS) is 18.3. The van der Waals surface area contributed by atoms with E-state index in [1.54, 1.807) is 4.90 Å². The Labute approximate surface area is 93.2 Å². The van der Waals surface area contributed by atoms with Gasteiger partial charge in [-0.2, -0.15) is 0 Å². The van der Waals surface area contributed by atoms with Crippen LogP contribution in [0.4, 0.5) is 0 Å². The van der Waals surface area contributed by atoms with Crippen LogP contribution >= 0.6 is 0 Å². The smallest absolute Gasteiger partial charge is 0.223 e. The maximum atomic E-state index is 11.3. The summed E-state index contributed by atoms with van der Waals surface area (Å²) in [5.41, 5.74) is 0.557. The van der Waals surface area contributed by atoms with E-state index >= 15 is 0 Å². The van der Waals surface area contributed by atoms with Gasteiger partial charge in [-0.25, -0.2) is 0 Å². The highest BCUT2D eigenvalue weighted by Gasteiger charge is 2.34. The van der Waals surface area contributed by atoms with E-state index in [1.165, 1.54) is 25.7 Å². The fourth-order valence-electron chi connectivity index (χ4n) is 2.10. The van der Waals surface area contributed by atoms with Crippen LogP contribution in [0.15, 0.2) is 0 Å². The second-order valence-corrected chi connectivity index (χ2v) is 4.92. The molecule has 1 amide bonds. The number of hydrogen-bond acceptors (Lipinski definition) is 2. The molecule has 0 aromatic heterocycles. The first-order valence-corrected chi connectivity index (χ1v) is 6.00. The predicted molar refractivity (Wildman–Crippen MR) is 62.8 cm³/mol. The summed E-state index contributed by atoms with van der Waals surface area (Å²) in [5, 5.41) is 3.42. The zero-order valence-corrected chi connectivity index (χ0v) is 10.3. The van der Waals surface area contributed by atoms with Gasteiger partial charge in [-0.1, -0.05) is 13.3 Å². The van der Waals surface area contributed by atoms with Gasteiger partial charge in [-0.3, -0.25) is 4.79 Å². The number of nitrogens with one attached hydrogen (secondary N) is 1. The van der Waals surface area contributed by atoms with Gasteiger partial charge in [0.25, 0.3) is 0 Å². The van der Waals surface area contributed by atoms with Crippen LogP contribution in [0.1, 0.15) is 39.0 Å². The summed E-state index contributed by atoms with van der Waals surface area (Å²) < 4.78 is 0. The summed E-state index contributed by atoms with van der Waals surface area (Å²) in [4.78, 5) is 13.0. The van der Waals surface area contributed by atoms with Crippen molar-refractivity contribution in [2.24, 2.45) is 5.41 Å². The molecular weight excluding hydrogens is 188 g/mol. The van der Waals surface area contributed by atoms with E-state index in [0.717, 1.165) is 13.1 Å². The second kappa shape index (κ2) is 5.50. The first-order valence-electron chi connectivity index (χ1n) is 6.00. The summed E-state index contributed by atoms with van der Waals surface area (Å²) in [5.74, 6) is 0.210. The first kappa shape index (κ1) is 12.5. The predicted octanol–water partition coefficient (Wildman–Crippen LogP) is 1.63. The zero-order chi connectivity index (χ0) is 11.3. The number of carbonyl (C=O) groups is 1. The number of amides is 1. The fourth-order valence-corrected chi connectivity index (χ4v) is 2.10. The molecule has 0 bridgehead atoms. The molecule has 1 saturated carbocycles. The van der Waals surface area contributed by atoms with Crippen LogP contribution in [0, 0.1) is 5.41 Å². The monoisotopic (exact) mass is 212 g/mol. The Kier molecular flexibility index (Phi) is 4.58. The van der Waals surface area contributed by atoms with Crippen molar-refractivity contribution in [3.63, 3.8) is 0 Å². The van der Waals surface area contributed by atoms with E-state index in [-0.39, 0.29) is 5.91 Å². The lowest BCUT2D eigenvalue weighted by atomic mass is 9.67.